The third-order valence-corrected chi connectivity index (χ3v) is 4.08. The molecule has 0 aromatic carbocycles. The van der Waals surface area contributed by atoms with Gasteiger partial charge < -0.3 is 14.8 Å². The van der Waals surface area contributed by atoms with Crippen LogP contribution in [0.2, 0.25) is 0 Å². The molecule has 3 rings (SSSR count). The molecule has 2 aromatic heterocycles. The average molecular weight is 344 g/mol. The summed E-state index contributed by atoms with van der Waals surface area (Å²) in [5, 5.41) is 15.0. The van der Waals surface area contributed by atoms with Gasteiger partial charge in [0.05, 0.1) is 30.7 Å². The van der Waals surface area contributed by atoms with Crippen molar-refractivity contribution in [2.45, 2.75) is 26.1 Å². The minimum atomic E-state index is 0.0721. The summed E-state index contributed by atoms with van der Waals surface area (Å²) in [6.07, 6.45) is 2.56. The number of aliphatic imine (C=N–C) groups is 1. The zero-order valence-electron chi connectivity index (χ0n) is 14.8. The summed E-state index contributed by atoms with van der Waals surface area (Å²) in [5.74, 6) is 1.86. The smallest absolute Gasteiger partial charge is 0.157 e. The molecule has 2 unspecified atom stereocenters. The van der Waals surface area contributed by atoms with Crippen molar-refractivity contribution >= 4 is 11.7 Å². The van der Waals surface area contributed by atoms with Gasteiger partial charge in [-0.2, -0.15) is 10.2 Å². The molecule has 8 nitrogen and oxygen atoms in total. The van der Waals surface area contributed by atoms with Crippen LogP contribution in [0.5, 0.6) is 0 Å². The van der Waals surface area contributed by atoms with E-state index in [1.165, 1.54) is 6.20 Å². The molecule has 2 atom stereocenters. The Kier molecular flexibility index (Phi) is 5.30. The Morgan fingerprint density at radius 2 is 2.44 bits per heavy atom. The summed E-state index contributed by atoms with van der Waals surface area (Å²) in [4.78, 5) is 4.33. The Labute approximate surface area is 146 Å². The van der Waals surface area contributed by atoms with Crippen LogP contribution in [0.25, 0.3) is 0 Å². The summed E-state index contributed by atoms with van der Waals surface area (Å²) >= 11 is 0. The minimum Gasteiger partial charge on any atom is -0.378 e. The fourth-order valence-electron chi connectivity index (χ4n) is 2.91. The highest BCUT2D eigenvalue weighted by molar-refractivity contribution is 6.07. The van der Waals surface area contributed by atoms with Crippen molar-refractivity contribution in [2.75, 3.05) is 19.0 Å². The van der Waals surface area contributed by atoms with E-state index in [4.69, 9.17) is 9.47 Å². The Morgan fingerprint density at radius 3 is 3.12 bits per heavy atom. The van der Waals surface area contributed by atoms with Crippen molar-refractivity contribution in [2.24, 2.45) is 18.0 Å². The first kappa shape index (κ1) is 17.4. The first-order valence-corrected chi connectivity index (χ1v) is 8.25. The lowest BCUT2D eigenvalue weighted by atomic mass is 10.1. The largest absolute Gasteiger partial charge is 0.378 e. The average Bonchev–Trinajstić information content (AvgIpc) is 3.28. The highest BCUT2D eigenvalue weighted by Crippen LogP contribution is 2.31. The molecule has 0 amide bonds. The third kappa shape index (κ3) is 3.97. The van der Waals surface area contributed by atoms with Crippen LogP contribution in [-0.4, -0.2) is 39.5 Å². The molecule has 8 heteroatoms. The van der Waals surface area contributed by atoms with Gasteiger partial charge in [-0.25, -0.2) is 4.99 Å². The molecule has 3 heterocycles. The fraction of sp³-hybridized carbons (Fsp3) is 0.471. The number of rotatable bonds is 6. The zero-order chi connectivity index (χ0) is 17.8. The summed E-state index contributed by atoms with van der Waals surface area (Å²) in [7, 11) is 3.50. The maximum atomic E-state index is 5.78. The van der Waals surface area contributed by atoms with Gasteiger partial charge in [0.1, 0.15) is 5.69 Å². The molecular formula is C17H24N6O2. The number of hydrogen-bond donors (Lipinski definition) is 2. The second kappa shape index (κ2) is 7.62. The van der Waals surface area contributed by atoms with Crippen LogP contribution in [0.1, 0.15) is 36.5 Å². The van der Waals surface area contributed by atoms with Gasteiger partial charge in [0.15, 0.2) is 11.7 Å². The van der Waals surface area contributed by atoms with Crippen LogP contribution in [0.15, 0.2) is 29.9 Å². The van der Waals surface area contributed by atoms with Gasteiger partial charge in [-0.1, -0.05) is 13.5 Å². The Morgan fingerprint density at radius 1 is 1.60 bits per heavy atom. The quantitative estimate of drug-likeness (QED) is 0.620. The van der Waals surface area contributed by atoms with Crippen LogP contribution >= 0.6 is 0 Å². The molecule has 1 saturated heterocycles. The van der Waals surface area contributed by atoms with Gasteiger partial charge in [0.2, 0.25) is 0 Å². The van der Waals surface area contributed by atoms with Crippen molar-refractivity contribution in [3.8, 4) is 0 Å². The summed E-state index contributed by atoms with van der Waals surface area (Å²) in [5.41, 5.74) is 2.62. The number of aromatic amines is 1. The third-order valence-electron chi connectivity index (χ3n) is 4.08. The number of ether oxygens (including phenoxy) is 2. The number of nitrogens with zero attached hydrogens (tertiary/aromatic N) is 4. The Hall–Kier alpha value is -2.45. The van der Waals surface area contributed by atoms with Crippen molar-refractivity contribution < 1.29 is 9.47 Å². The van der Waals surface area contributed by atoms with Crippen LogP contribution in [0, 0.1) is 5.92 Å². The monoisotopic (exact) mass is 344 g/mol. The van der Waals surface area contributed by atoms with Gasteiger partial charge in [0, 0.05) is 26.4 Å². The van der Waals surface area contributed by atoms with Crippen molar-refractivity contribution in [3.05, 3.63) is 42.0 Å². The van der Waals surface area contributed by atoms with Gasteiger partial charge in [-0.15, -0.1) is 0 Å². The summed E-state index contributed by atoms with van der Waals surface area (Å²) < 4.78 is 12.7. The second-order valence-corrected chi connectivity index (χ2v) is 6.23. The number of amidine groups is 1. The van der Waals surface area contributed by atoms with Crippen LogP contribution < -0.4 is 5.32 Å². The first-order valence-electron chi connectivity index (χ1n) is 8.25. The van der Waals surface area contributed by atoms with E-state index >= 15 is 0 Å². The van der Waals surface area contributed by atoms with Crippen LogP contribution in [0.3, 0.4) is 0 Å². The molecule has 0 aliphatic carbocycles. The molecule has 0 spiro atoms. The van der Waals surface area contributed by atoms with Crippen molar-refractivity contribution in [1.82, 2.24) is 20.0 Å². The molecule has 0 saturated carbocycles. The van der Waals surface area contributed by atoms with Gasteiger partial charge in [-0.05, 0) is 18.4 Å². The molecule has 1 aliphatic rings. The first-order chi connectivity index (χ1) is 12.1. The number of hydrogen-bond acceptors (Lipinski definition) is 5. The van der Waals surface area contributed by atoms with E-state index in [2.05, 4.69) is 39.1 Å². The lowest BCUT2D eigenvalue weighted by molar-refractivity contribution is 0.105. The van der Waals surface area contributed by atoms with E-state index in [-0.39, 0.29) is 6.10 Å². The van der Waals surface area contributed by atoms with E-state index < -0.39 is 0 Å². The van der Waals surface area contributed by atoms with E-state index in [0.717, 1.165) is 30.1 Å². The number of aryl methyl sites for hydroxylation is 1. The van der Waals surface area contributed by atoms with Crippen LogP contribution in [-0.2, 0) is 23.1 Å². The van der Waals surface area contributed by atoms with Crippen molar-refractivity contribution in [3.63, 3.8) is 0 Å². The number of aromatic nitrogens is 4. The lowest BCUT2D eigenvalue weighted by Crippen LogP contribution is -2.17. The molecule has 2 aromatic rings. The van der Waals surface area contributed by atoms with E-state index in [9.17, 15) is 0 Å². The summed E-state index contributed by atoms with van der Waals surface area (Å²) in [6, 6.07) is 3.88. The standard InChI is InChI=1S/C17H24N6O2/c1-5-18-17(14-7-12(10-24-4)22-23(14)3)19-16-8-13(20-21-16)15-6-11(2)9-25-15/h5,7-8,11,15H,1,6,9-10H2,2-4H3,(H2,18,19,20,21). The molecule has 0 bridgehead atoms. The Balaban J connectivity index is 1.78. The minimum absolute atomic E-state index is 0.0721. The topological polar surface area (TPSA) is 89.3 Å². The predicted octanol–water partition coefficient (Wildman–Crippen LogP) is 2.39. The molecular weight excluding hydrogens is 320 g/mol. The molecule has 1 aliphatic heterocycles. The van der Waals surface area contributed by atoms with Gasteiger partial charge >= 0.3 is 0 Å². The van der Waals surface area contributed by atoms with E-state index in [0.29, 0.717) is 24.2 Å². The fourth-order valence-corrected chi connectivity index (χ4v) is 2.91. The lowest BCUT2D eigenvalue weighted by Gasteiger charge is -2.07. The number of methoxy groups -OCH3 is 1. The maximum absolute atomic E-state index is 5.78. The number of anilines is 1. The van der Waals surface area contributed by atoms with Crippen LogP contribution in [0.4, 0.5) is 5.82 Å². The highest BCUT2D eigenvalue weighted by Gasteiger charge is 2.25. The predicted molar refractivity (Wildman–Crippen MR) is 95.3 cm³/mol. The Bertz CT molecular complexity index is 763. The molecule has 0 radical (unpaired) electrons. The van der Waals surface area contributed by atoms with E-state index in [1.807, 2.05) is 19.2 Å². The second-order valence-electron chi connectivity index (χ2n) is 6.23. The molecule has 134 valence electrons. The number of H-pyrrole nitrogens is 1. The molecule has 25 heavy (non-hydrogen) atoms. The summed E-state index contributed by atoms with van der Waals surface area (Å²) in [6.45, 7) is 7.10. The molecule has 1 fully saturated rings. The van der Waals surface area contributed by atoms with Gasteiger partial charge in [-0.3, -0.25) is 9.78 Å². The highest BCUT2D eigenvalue weighted by atomic mass is 16.5. The molecule has 2 N–H and O–H groups in total. The van der Waals surface area contributed by atoms with Gasteiger partial charge in [0.25, 0.3) is 0 Å². The number of nitrogens with one attached hydrogen (secondary N) is 2. The maximum Gasteiger partial charge on any atom is 0.157 e. The normalized spacial score (nSPS) is 20.8. The van der Waals surface area contributed by atoms with Crippen molar-refractivity contribution in [1.29, 1.82) is 0 Å². The zero-order valence-corrected chi connectivity index (χ0v) is 14.8. The van der Waals surface area contributed by atoms with E-state index in [1.54, 1.807) is 11.8 Å². The SMILES string of the molecule is C=CN=C(Nc1cc(C2CC(C)CO2)[nH]n1)c1cc(COC)nn1C.